The number of carbonyl (C=O) groups excluding carboxylic acids is 1. The second kappa shape index (κ2) is 9.24. The van der Waals surface area contributed by atoms with Crippen molar-refractivity contribution in [3.63, 3.8) is 0 Å². The highest BCUT2D eigenvalue weighted by Gasteiger charge is 2.15. The molecule has 0 radical (unpaired) electrons. The number of benzene rings is 1. The third-order valence-corrected chi connectivity index (χ3v) is 4.49. The lowest BCUT2D eigenvalue weighted by molar-refractivity contribution is -0.144. The van der Waals surface area contributed by atoms with Gasteiger partial charge >= 0.3 is 5.97 Å². The summed E-state index contributed by atoms with van der Waals surface area (Å²) in [5.74, 6) is -0.671. The summed E-state index contributed by atoms with van der Waals surface area (Å²) in [5, 5.41) is 0. The second-order valence-corrected chi connectivity index (χ2v) is 6.87. The molecule has 0 aliphatic heterocycles. The van der Waals surface area contributed by atoms with Gasteiger partial charge in [-0.3, -0.25) is 9.79 Å². The fourth-order valence-corrected chi connectivity index (χ4v) is 2.78. The smallest absolute Gasteiger partial charge is 0.322 e. The number of hydrogen-bond donors (Lipinski definition) is 3. The zero-order chi connectivity index (χ0) is 18.2. The van der Waals surface area contributed by atoms with E-state index in [-0.39, 0.29) is 24.0 Å². The van der Waals surface area contributed by atoms with Crippen molar-refractivity contribution in [2.75, 3.05) is 13.2 Å². The number of esters is 1. The van der Waals surface area contributed by atoms with Gasteiger partial charge in [-0.25, -0.2) is 13.1 Å². The first-order valence-corrected chi connectivity index (χ1v) is 9.06. The van der Waals surface area contributed by atoms with Crippen molar-refractivity contribution in [3.8, 4) is 0 Å². The molecule has 0 heterocycles. The van der Waals surface area contributed by atoms with Crippen LogP contribution in [0.3, 0.4) is 0 Å². The molecule has 0 aliphatic carbocycles. The molecule has 134 valence electrons. The van der Waals surface area contributed by atoms with Crippen LogP contribution >= 0.6 is 0 Å². The summed E-state index contributed by atoms with van der Waals surface area (Å²) in [4.78, 5) is 15.4. The molecule has 8 nitrogen and oxygen atoms in total. The minimum absolute atomic E-state index is 0.107. The average Bonchev–Trinajstić information content (AvgIpc) is 2.51. The monoisotopic (exact) mass is 356 g/mol. The largest absolute Gasteiger partial charge is 0.465 e. The van der Waals surface area contributed by atoms with E-state index in [2.05, 4.69) is 9.71 Å². The summed E-state index contributed by atoms with van der Waals surface area (Å²) < 4.78 is 31.2. The molecule has 0 amide bonds. The molecule has 1 aromatic carbocycles. The highest BCUT2D eigenvalue weighted by atomic mass is 32.2. The van der Waals surface area contributed by atoms with Crippen LogP contribution in [0.5, 0.6) is 0 Å². The molecular formula is C15H24N4O4S. The lowest BCUT2D eigenvalue weighted by Gasteiger charge is -2.10. The molecule has 1 rings (SSSR count). The van der Waals surface area contributed by atoms with Crippen LogP contribution in [0.1, 0.15) is 25.3 Å². The van der Waals surface area contributed by atoms with Gasteiger partial charge in [-0.15, -0.1) is 0 Å². The number of rotatable bonds is 8. The quantitative estimate of drug-likeness (QED) is 0.264. The Morgan fingerprint density at radius 3 is 2.54 bits per heavy atom. The highest BCUT2D eigenvalue weighted by molar-refractivity contribution is 7.90. The maximum Gasteiger partial charge on any atom is 0.322 e. The van der Waals surface area contributed by atoms with E-state index in [1.165, 1.54) is 12.1 Å². The molecular weight excluding hydrogens is 332 g/mol. The maximum atomic E-state index is 12.1. The van der Waals surface area contributed by atoms with Gasteiger partial charge in [0, 0.05) is 6.54 Å². The van der Waals surface area contributed by atoms with Crippen molar-refractivity contribution < 1.29 is 17.9 Å². The summed E-state index contributed by atoms with van der Waals surface area (Å²) >= 11 is 0. The molecule has 1 atom stereocenters. The lowest BCUT2D eigenvalue weighted by atomic mass is 10.2. The molecule has 1 aromatic rings. The van der Waals surface area contributed by atoms with Gasteiger partial charge in [-0.2, -0.15) is 0 Å². The van der Waals surface area contributed by atoms with E-state index in [1.807, 2.05) is 6.92 Å². The van der Waals surface area contributed by atoms with Crippen molar-refractivity contribution in [1.29, 1.82) is 0 Å². The summed E-state index contributed by atoms with van der Waals surface area (Å²) in [6.07, 6.45) is 0.854. The Labute approximate surface area is 142 Å². The molecule has 0 aromatic heterocycles. The minimum Gasteiger partial charge on any atom is -0.465 e. The minimum atomic E-state index is -3.76. The van der Waals surface area contributed by atoms with E-state index >= 15 is 0 Å². The van der Waals surface area contributed by atoms with Crippen LogP contribution in [0.4, 0.5) is 0 Å². The Balaban J connectivity index is 2.49. The Morgan fingerprint density at radius 2 is 1.96 bits per heavy atom. The van der Waals surface area contributed by atoms with E-state index < -0.39 is 22.0 Å². The van der Waals surface area contributed by atoms with Crippen LogP contribution in [-0.2, 0) is 19.6 Å². The second-order valence-electron chi connectivity index (χ2n) is 5.19. The SMILES string of the molecule is CCOC(=O)[C@@H](N)CCCN=C(N)NS(=O)(=O)c1ccc(C)cc1. The molecule has 0 aliphatic rings. The van der Waals surface area contributed by atoms with E-state index in [4.69, 9.17) is 16.2 Å². The Kier molecular flexibility index (Phi) is 7.66. The van der Waals surface area contributed by atoms with Crippen molar-refractivity contribution in [3.05, 3.63) is 29.8 Å². The standard InChI is InChI=1S/C15H24N4O4S/c1-3-23-14(20)13(16)5-4-10-18-15(17)19-24(21,22)12-8-6-11(2)7-9-12/h6-9,13H,3-5,10,16H2,1-2H3,(H3,17,18,19)/t13-/m0/s1. The first-order chi connectivity index (χ1) is 11.3. The van der Waals surface area contributed by atoms with Crippen molar-refractivity contribution in [1.82, 2.24) is 4.72 Å². The number of nitrogens with one attached hydrogen (secondary N) is 1. The molecule has 24 heavy (non-hydrogen) atoms. The van der Waals surface area contributed by atoms with Crippen LogP contribution < -0.4 is 16.2 Å². The van der Waals surface area contributed by atoms with Gasteiger partial charge in [0.15, 0.2) is 0 Å². The zero-order valence-electron chi connectivity index (χ0n) is 13.9. The number of aliphatic imine (C=N–C) groups is 1. The highest BCUT2D eigenvalue weighted by Crippen LogP contribution is 2.09. The Hall–Kier alpha value is -2.13. The number of hydrogen-bond acceptors (Lipinski definition) is 6. The normalized spacial score (nSPS) is 13.4. The summed E-state index contributed by atoms with van der Waals surface area (Å²) in [6, 6.07) is 5.65. The van der Waals surface area contributed by atoms with Crippen molar-refractivity contribution in [2.24, 2.45) is 16.5 Å². The van der Waals surface area contributed by atoms with Gasteiger partial charge in [-0.1, -0.05) is 17.7 Å². The summed E-state index contributed by atoms with van der Waals surface area (Å²) in [7, 11) is -3.76. The van der Waals surface area contributed by atoms with E-state index in [0.717, 1.165) is 5.56 Å². The Morgan fingerprint density at radius 1 is 1.33 bits per heavy atom. The fourth-order valence-electron chi connectivity index (χ4n) is 1.82. The van der Waals surface area contributed by atoms with Crippen molar-refractivity contribution >= 4 is 22.0 Å². The van der Waals surface area contributed by atoms with Gasteiger partial charge in [0.1, 0.15) is 6.04 Å². The molecule has 0 saturated heterocycles. The molecule has 0 saturated carbocycles. The number of nitrogens with zero attached hydrogens (tertiary/aromatic N) is 1. The van der Waals surface area contributed by atoms with Crippen LogP contribution in [0.25, 0.3) is 0 Å². The number of sulfonamides is 1. The molecule has 5 N–H and O–H groups in total. The van der Waals surface area contributed by atoms with Gasteiger partial charge in [0.05, 0.1) is 11.5 Å². The number of ether oxygens (including phenoxy) is 1. The fraction of sp³-hybridized carbons (Fsp3) is 0.467. The summed E-state index contributed by atoms with van der Waals surface area (Å²) in [5.41, 5.74) is 12.2. The van der Waals surface area contributed by atoms with E-state index in [0.29, 0.717) is 12.8 Å². The van der Waals surface area contributed by atoms with E-state index in [9.17, 15) is 13.2 Å². The van der Waals surface area contributed by atoms with Crippen LogP contribution in [0.15, 0.2) is 34.2 Å². The third-order valence-electron chi connectivity index (χ3n) is 3.11. The average molecular weight is 356 g/mol. The predicted molar refractivity (Wildman–Crippen MR) is 91.8 cm³/mol. The molecule has 0 bridgehead atoms. The predicted octanol–water partition coefficient (Wildman–Crippen LogP) is 0.259. The number of carbonyl (C=O) groups is 1. The lowest BCUT2D eigenvalue weighted by Crippen LogP contribution is -2.37. The van der Waals surface area contributed by atoms with Gasteiger partial charge in [-0.05, 0) is 38.8 Å². The maximum absolute atomic E-state index is 12.1. The first kappa shape index (κ1) is 19.9. The molecule has 0 spiro atoms. The molecule has 0 unspecified atom stereocenters. The molecule has 0 fully saturated rings. The van der Waals surface area contributed by atoms with Crippen LogP contribution in [0, 0.1) is 6.92 Å². The number of nitrogens with two attached hydrogens (primary N) is 2. The van der Waals surface area contributed by atoms with Crippen LogP contribution in [-0.4, -0.2) is 39.5 Å². The third kappa shape index (κ3) is 6.55. The van der Waals surface area contributed by atoms with E-state index in [1.54, 1.807) is 19.1 Å². The number of aryl methyl sites for hydroxylation is 1. The first-order valence-electron chi connectivity index (χ1n) is 7.58. The van der Waals surface area contributed by atoms with Gasteiger partial charge < -0.3 is 16.2 Å². The van der Waals surface area contributed by atoms with Crippen LogP contribution in [0.2, 0.25) is 0 Å². The van der Waals surface area contributed by atoms with Gasteiger partial charge in [0.2, 0.25) is 5.96 Å². The summed E-state index contributed by atoms with van der Waals surface area (Å²) in [6.45, 7) is 4.09. The topological polar surface area (TPSA) is 137 Å². The van der Waals surface area contributed by atoms with Gasteiger partial charge in [0.25, 0.3) is 10.0 Å². The van der Waals surface area contributed by atoms with Crippen molar-refractivity contribution in [2.45, 2.75) is 37.6 Å². The zero-order valence-corrected chi connectivity index (χ0v) is 14.7. The Bertz CT molecular complexity index is 671. The molecule has 9 heteroatoms. The number of guanidine groups is 1.